The van der Waals surface area contributed by atoms with Crippen molar-refractivity contribution in [2.45, 2.75) is 52.8 Å². The van der Waals surface area contributed by atoms with Gasteiger partial charge < -0.3 is 10.1 Å². The van der Waals surface area contributed by atoms with Gasteiger partial charge in [-0.3, -0.25) is 18.7 Å². The first-order valence-electron chi connectivity index (χ1n) is 10.2. The van der Waals surface area contributed by atoms with Gasteiger partial charge in [0.15, 0.2) is 6.10 Å². The highest BCUT2D eigenvalue weighted by Gasteiger charge is 2.19. The SMILES string of the molecule is CCCn1c(=O)n(CCC(=O)O[C@H](C)C(=O)Nc2ccc(C)cc2)c2ccccc21. The van der Waals surface area contributed by atoms with E-state index in [2.05, 4.69) is 5.32 Å². The quantitative estimate of drug-likeness (QED) is 0.578. The summed E-state index contributed by atoms with van der Waals surface area (Å²) in [5.74, 6) is -0.926. The van der Waals surface area contributed by atoms with E-state index >= 15 is 0 Å². The topological polar surface area (TPSA) is 82.3 Å². The zero-order chi connectivity index (χ0) is 21.7. The highest BCUT2D eigenvalue weighted by Crippen LogP contribution is 2.14. The fourth-order valence-electron chi connectivity index (χ4n) is 3.32. The number of ether oxygens (including phenoxy) is 1. The van der Waals surface area contributed by atoms with Crippen molar-refractivity contribution in [2.24, 2.45) is 0 Å². The molecule has 30 heavy (non-hydrogen) atoms. The molecule has 3 rings (SSSR count). The Kier molecular flexibility index (Phi) is 6.72. The Morgan fingerprint density at radius 2 is 1.60 bits per heavy atom. The molecule has 0 radical (unpaired) electrons. The lowest BCUT2D eigenvalue weighted by Crippen LogP contribution is -2.31. The fourth-order valence-corrected chi connectivity index (χ4v) is 3.32. The number of carbonyl (C=O) groups is 2. The number of fused-ring (bicyclic) bond motifs is 1. The minimum Gasteiger partial charge on any atom is -0.452 e. The highest BCUT2D eigenvalue weighted by atomic mass is 16.5. The van der Waals surface area contributed by atoms with Gasteiger partial charge in [0.2, 0.25) is 0 Å². The van der Waals surface area contributed by atoms with Crippen molar-refractivity contribution < 1.29 is 14.3 Å². The third kappa shape index (κ3) is 4.79. The van der Waals surface area contributed by atoms with Crippen LogP contribution in [0.5, 0.6) is 0 Å². The predicted octanol–water partition coefficient (Wildman–Crippen LogP) is 3.48. The van der Waals surface area contributed by atoms with Crippen molar-refractivity contribution in [3.8, 4) is 0 Å². The van der Waals surface area contributed by atoms with E-state index in [0.717, 1.165) is 23.0 Å². The van der Waals surface area contributed by atoms with Crippen molar-refractivity contribution in [3.05, 3.63) is 64.6 Å². The average molecular weight is 409 g/mol. The molecule has 1 amide bonds. The zero-order valence-electron chi connectivity index (χ0n) is 17.6. The Morgan fingerprint density at radius 1 is 1.00 bits per heavy atom. The Labute approximate surface area is 175 Å². The lowest BCUT2D eigenvalue weighted by atomic mass is 10.2. The van der Waals surface area contributed by atoms with E-state index in [0.29, 0.717) is 12.2 Å². The van der Waals surface area contributed by atoms with Crippen LogP contribution in [0, 0.1) is 6.92 Å². The number of aryl methyl sites for hydroxylation is 3. The molecule has 0 fully saturated rings. The maximum atomic E-state index is 12.8. The molecule has 0 bridgehead atoms. The first kappa shape index (κ1) is 21.4. The van der Waals surface area contributed by atoms with Crippen LogP contribution in [0.3, 0.4) is 0 Å². The Morgan fingerprint density at radius 3 is 2.20 bits per heavy atom. The molecule has 0 aliphatic heterocycles. The largest absolute Gasteiger partial charge is 0.452 e. The van der Waals surface area contributed by atoms with E-state index in [-0.39, 0.29) is 18.7 Å². The normalized spacial score (nSPS) is 12.0. The van der Waals surface area contributed by atoms with Crippen LogP contribution >= 0.6 is 0 Å². The van der Waals surface area contributed by atoms with Gasteiger partial charge in [0, 0.05) is 18.8 Å². The number of amides is 1. The van der Waals surface area contributed by atoms with Crippen LogP contribution in [0.25, 0.3) is 11.0 Å². The van der Waals surface area contributed by atoms with E-state index in [1.807, 2.05) is 50.2 Å². The summed E-state index contributed by atoms with van der Waals surface area (Å²) < 4.78 is 8.57. The second-order valence-corrected chi connectivity index (χ2v) is 7.31. The molecular weight excluding hydrogens is 382 g/mol. The Bertz CT molecular complexity index is 1100. The highest BCUT2D eigenvalue weighted by molar-refractivity contribution is 5.95. The molecule has 0 aliphatic carbocycles. The third-order valence-corrected chi connectivity index (χ3v) is 4.91. The summed E-state index contributed by atoms with van der Waals surface area (Å²) in [6.07, 6.45) is -0.0943. The molecule has 0 unspecified atom stereocenters. The number of nitrogens with zero attached hydrogens (tertiary/aromatic N) is 2. The molecule has 2 aromatic carbocycles. The molecule has 7 nitrogen and oxygen atoms in total. The zero-order valence-corrected chi connectivity index (χ0v) is 17.6. The summed E-state index contributed by atoms with van der Waals surface area (Å²) in [6.45, 7) is 6.31. The summed E-state index contributed by atoms with van der Waals surface area (Å²) in [6, 6.07) is 14.9. The van der Waals surface area contributed by atoms with Crippen molar-refractivity contribution in [3.63, 3.8) is 0 Å². The lowest BCUT2D eigenvalue weighted by Gasteiger charge is -2.14. The number of carbonyl (C=O) groups excluding carboxylic acids is 2. The number of benzene rings is 2. The molecule has 1 aromatic heterocycles. The maximum Gasteiger partial charge on any atom is 0.329 e. The first-order valence-corrected chi connectivity index (χ1v) is 10.2. The number of hydrogen-bond acceptors (Lipinski definition) is 4. The Balaban J connectivity index is 1.62. The van der Waals surface area contributed by atoms with E-state index < -0.39 is 18.0 Å². The van der Waals surface area contributed by atoms with E-state index in [1.165, 1.54) is 6.92 Å². The lowest BCUT2D eigenvalue weighted by molar-refractivity contribution is -0.153. The predicted molar refractivity (Wildman–Crippen MR) is 116 cm³/mol. The van der Waals surface area contributed by atoms with Crippen molar-refractivity contribution in [1.29, 1.82) is 0 Å². The summed E-state index contributed by atoms with van der Waals surface area (Å²) in [7, 11) is 0. The second-order valence-electron chi connectivity index (χ2n) is 7.31. The third-order valence-electron chi connectivity index (χ3n) is 4.91. The van der Waals surface area contributed by atoms with Crippen LogP contribution in [-0.2, 0) is 27.4 Å². The van der Waals surface area contributed by atoms with Gasteiger partial charge in [-0.25, -0.2) is 4.79 Å². The van der Waals surface area contributed by atoms with Gasteiger partial charge >= 0.3 is 11.7 Å². The minimum absolute atomic E-state index is 0.00217. The van der Waals surface area contributed by atoms with Crippen molar-refractivity contribution >= 4 is 28.6 Å². The molecular formula is C23H27N3O4. The summed E-state index contributed by atoms with van der Waals surface area (Å²) in [5.41, 5.74) is 3.22. The molecule has 7 heteroatoms. The van der Waals surface area contributed by atoms with Gasteiger partial charge in [-0.2, -0.15) is 0 Å². The summed E-state index contributed by atoms with van der Waals surface area (Å²) in [4.78, 5) is 37.3. The van der Waals surface area contributed by atoms with Crippen LogP contribution in [-0.4, -0.2) is 27.1 Å². The molecule has 1 atom stereocenters. The van der Waals surface area contributed by atoms with Crippen LogP contribution in [0.1, 0.15) is 32.3 Å². The van der Waals surface area contributed by atoms with Gasteiger partial charge in [-0.1, -0.05) is 36.8 Å². The van der Waals surface area contributed by atoms with Gasteiger partial charge in [-0.05, 0) is 44.5 Å². The molecule has 0 saturated heterocycles. The van der Waals surface area contributed by atoms with Crippen LogP contribution in [0.4, 0.5) is 5.69 Å². The first-order chi connectivity index (χ1) is 14.4. The van der Waals surface area contributed by atoms with E-state index in [1.54, 1.807) is 21.3 Å². The molecule has 3 aromatic rings. The number of aromatic nitrogens is 2. The molecule has 0 aliphatic rings. The maximum absolute atomic E-state index is 12.8. The standard InChI is InChI=1S/C23H27N3O4/c1-4-14-25-19-7-5-6-8-20(19)26(23(25)29)15-13-21(27)30-17(3)22(28)24-18-11-9-16(2)10-12-18/h5-12,17H,4,13-15H2,1-3H3,(H,24,28)/t17-/m1/s1. The number of nitrogens with one attached hydrogen (secondary N) is 1. The number of esters is 1. The average Bonchev–Trinajstić information content (AvgIpc) is 2.99. The number of anilines is 1. The van der Waals surface area contributed by atoms with Crippen LogP contribution in [0.2, 0.25) is 0 Å². The van der Waals surface area contributed by atoms with Gasteiger partial charge in [0.05, 0.1) is 17.5 Å². The van der Waals surface area contributed by atoms with Crippen LogP contribution in [0.15, 0.2) is 53.3 Å². The molecule has 0 spiro atoms. The van der Waals surface area contributed by atoms with Gasteiger partial charge in [-0.15, -0.1) is 0 Å². The number of para-hydroxylation sites is 2. The monoisotopic (exact) mass is 409 g/mol. The minimum atomic E-state index is -0.933. The molecule has 1 heterocycles. The number of imidazole rings is 1. The van der Waals surface area contributed by atoms with E-state index in [4.69, 9.17) is 4.74 Å². The smallest absolute Gasteiger partial charge is 0.329 e. The number of rotatable bonds is 8. The van der Waals surface area contributed by atoms with Gasteiger partial charge in [0.1, 0.15) is 0 Å². The summed E-state index contributed by atoms with van der Waals surface area (Å²) >= 11 is 0. The van der Waals surface area contributed by atoms with Crippen molar-refractivity contribution in [2.75, 3.05) is 5.32 Å². The van der Waals surface area contributed by atoms with E-state index in [9.17, 15) is 14.4 Å². The fraction of sp³-hybridized carbons (Fsp3) is 0.348. The molecule has 158 valence electrons. The second kappa shape index (κ2) is 9.43. The van der Waals surface area contributed by atoms with Crippen LogP contribution < -0.4 is 11.0 Å². The number of hydrogen-bond donors (Lipinski definition) is 1. The van der Waals surface area contributed by atoms with Gasteiger partial charge in [0.25, 0.3) is 5.91 Å². The van der Waals surface area contributed by atoms with Crippen molar-refractivity contribution in [1.82, 2.24) is 9.13 Å². The Hall–Kier alpha value is -3.35. The molecule has 0 saturated carbocycles. The summed E-state index contributed by atoms with van der Waals surface area (Å²) in [5, 5.41) is 2.72. The molecule has 1 N–H and O–H groups in total.